The van der Waals surface area contributed by atoms with Gasteiger partial charge in [0.25, 0.3) is 0 Å². The summed E-state index contributed by atoms with van der Waals surface area (Å²) in [5.41, 5.74) is 1.46. The smallest absolute Gasteiger partial charge is 0.247 e. The van der Waals surface area contributed by atoms with Crippen LogP contribution in [0.5, 0.6) is 5.75 Å². The Bertz CT molecular complexity index is 1660. The molecule has 0 radical (unpaired) electrons. The maximum absolute atomic E-state index is 15.2. The number of fused-ring (bicyclic) bond motifs is 1. The number of hydrogen-bond acceptors (Lipinski definition) is 9. The minimum Gasteiger partial charge on any atom is -0.494 e. The third kappa shape index (κ3) is 7.61. The number of methoxy groups -OCH3 is 1. The monoisotopic (exact) mass is 662 g/mol. The second-order valence-corrected chi connectivity index (χ2v) is 13.6. The largest absolute Gasteiger partial charge is 0.494 e. The van der Waals surface area contributed by atoms with Crippen molar-refractivity contribution >= 4 is 51.5 Å². The van der Waals surface area contributed by atoms with Crippen LogP contribution in [0.15, 0.2) is 36.7 Å². The van der Waals surface area contributed by atoms with Crippen molar-refractivity contribution in [1.82, 2.24) is 25.5 Å². The van der Waals surface area contributed by atoms with Crippen LogP contribution in [0.25, 0.3) is 10.9 Å². The topological polar surface area (TPSA) is 141 Å². The molecule has 2 fully saturated rings. The van der Waals surface area contributed by atoms with Gasteiger partial charge in [0.1, 0.15) is 35.8 Å². The Hall–Kier alpha value is -4.52. The van der Waals surface area contributed by atoms with Crippen LogP contribution in [0, 0.1) is 11.2 Å². The van der Waals surface area contributed by atoms with Crippen molar-refractivity contribution in [1.29, 1.82) is 0 Å². The van der Waals surface area contributed by atoms with E-state index in [0.29, 0.717) is 58.9 Å². The fraction of sp³-hybridized carbons (Fsp3) is 0.514. The average Bonchev–Trinajstić information content (AvgIpc) is 3.57. The zero-order valence-corrected chi connectivity index (χ0v) is 28.7. The highest BCUT2D eigenvalue weighted by Crippen LogP contribution is 2.35. The first-order valence-electron chi connectivity index (χ1n) is 16.6. The SMILES string of the molecule is CN[C@@H](C)C(=O)N[C@H](C(=O)N1CCC[C@H]1C(=O)Nc1cc2c(Nc3ccc(N4CCCCC4)c(F)c3)ncnc2cc1OC)C(C)(C)C. The van der Waals surface area contributed by atoms with E-state index in [1.54, 1.807) is 37.1 Å². The van der Waals surface area contributed by atoms with Gasteiger partial charge in [0.2, 0.25) is 17.7 Å². The van der Waals surface area contributed by atoms with Gasteiger partial charge >= 0.3 is 0 Å². The van der Waals surface area contributed by atoms with E-state index in [-0.39, 0.29) is 23.5 Å². The summed E-state index contributed by atoms with van der Waals surface area (Å²) < 4.78 is 20.8. The van der Waals surface area contributed by atoms with Crippen molar-refractivity contribution in [3.8, 4) is 5.75 Å². The standard InChI is InChI=1S/C35H47FN8O4/c1-21(37-5)32(45)42-30(35(2,3)4)34(47)44-16-10-11-28(44)33(46)41-26-18-23-25(19-29(26)48-6)38-20-39-31(23)40-22-12-13-27(24(36)17-22)43-14-8-7-9-15-43/h12-13,17-21,28,30,37H,7-11,14-16H2,1-6H3,(H,41,46)(H,42,45)(H,38,39,40)/t21-,28-,30+/m0/s1. The van der Waals surface area contributed by atoms with Gasteiger partial charge in [-0.1, -0.05) is 20.8 Å². The number of benzene rings is 2. The highest BCUT2D eigenvalue weighted by molar-refractivity contribution is 6.03. The first kappa shape index (κ1) is 34.8. The number of nitrogens with zero attached hydrogens (tertiary/aromatic N) is 4. The molecule has 0 bridgehead atoms. The number of rotatable bonds is 10. The van der Waals surface area contributed by atoms with Gasteiger partial charge in [-0.05, 0) is 75.8 Å². The number of ether oxygens (including phenoxy) is 1. The molecule has 3 heterocycles. The molecular formula is C35H47FN8O4. The van der Waals surface area contributed by atoms with Crippen LogP contribution in [0.1, 0.15) is 59.8 Å². The summed E-state index contributed by atoms with van der Waals surface area (Å²) in [6, 6.07) is 6.43. The predicted molar refractivity (Wildman–Crippen MR) is 185 cm³/mol. The Balaban J connectivity index is 1.37. The van der Waals surface area contributed by atoms with Crippen LogP contribution in [0.4, 0.5) is 27.3 Å². The second-order valence-electron chi connectivity index (χ2n) is 13.6. The van der Waals surface area contributed by atoms with Gasteiger partial charge in [-0.3, -0.25) is 14.4 Å². The van der Waals surface area contributed by atoms with Crippen LogP contribution >= 0.6 is 0 Å². The van der Waals surface area contributed by atoms with Crippen molar-refractivity contribution in [2.24, 2.45) is 5.41 Å². The number of likely N-dealkylation sites (tertiary alicyclic amines) is 1. The minimum atomic E-state index is -0.825. The normalized spacial score (nSPS) is 17.9. The van der Waals surface area contributed by atoms with Gasteiger partial charge in [0.05, 0.1) is 30.0 Å². The maximum Gasteiger partial charge on any atom is 0.247 e. The summed E-state index contributed by atoms with van der Waals surface area (Å²) in [6.45, 7) is 9.45. The molecule has 258 valence electrons. The number of carbonyl (C=O) groups is 3. The molecule has 12 nitrogen and oxygen atoms in total. The van der Waals surface area contributed by atoms with Crippen LogP contribution < -0.4 is 30.9 Å². The number of halogens is 1. The molecule has 48 heavy (non-hydrogen) atoms. The molecule has 4 N–H and O–H groups in total. The molecule has 2 saturated heterocycles. The molecule has 2 aliphatic rings. The van der Waals surface area contributed by atoms with E-state index in [0.717, 1.165) is 32.4 Å². The van der Waals surface area contributed by atoms with Crippen molar-refractivity contribution in [2.75, 3.05) is 49.3 Å². The molecule has 0 spiro atoms. The van der Waals surface area contributed by atoms with Gasteiger partial charge in [0.15, 0.2) is 0 Å². The number of anilines is 4. The number of likely N-dealkylation sites (N-methyl/N-ethyl adjacent to an activating group) is 1. The summed E-state index contributed by atoms with van der Waals surface area (Å²) in [5, 5.41) is 12.6. The molecule has 3 atom stereocenters. The molecule has 13 heteroatoms. The van der Waals surface area contributed by atoms with E-state index in [2.05, 4.69) is 36.1 Å². The van der Waals surface area contributed by atoms with Crippen LogP contribution in [-0.2, 0) is 14.4 Å². The molecule has 1 aromatic heterocycles. The molecular weight excluding hydrogens is 615 g/mol. The summed E-state index contributed by atoms with van der Waals surface area (Å²) in [5.74, 6) is -0.465. The van der Waals surface area contributed by atoms with Gasteiger partial charge < -0.3 is 35.8 Å². The molecule has 5 rings (SSSR count). The fourth-order valence-electron chi connectivity index (χ4n) is 6.29. The maximum atomic E-state index is 15.2. The van der Waals surface area contributed by atoms with Gasteiger partial charge in [-0.25, -0.2) is 14.4 Å². The summed E-state index contributed by atoms with van der Waals surface area (Å²) in [7, 11) is 3.18. The average molecular weight is 663 g/mol. The molecule has 2 aliphatic heterocycles. The fourth-order valence-corrected chi connectivity index (χ4v) is 6.29. The van der Waals surface area contributed by atoms with E-state index >= 15 is 4.39 Å². The Morgan fingerprint density at radius 2 is 1.77 bits per heavy atom. The molecule has 3 aromatic rings. The first-order valence-corrected chi connectivity index (χ1v) is 16.6. The van der Waals surface area contributed by atoms with Crippen molar-refractivity contribution in [3.63, 3.8) is 0 Å². The second kappa shape index (κ2) is 14.7. The Morgan fingerprint density at radius 1 is 1.02 bits per heavy atom. The number of aromatic nitrogens is 2. The first-order chi connectivity index (χ1) is 22.9. The van der Waals surface area contributed by atoms with E-state index < -0.39 is 23.5 Å². The number of amides is 3. The predicted octanol–water partition coefficient (Wildman–Crippen LogP) is 4.58. The zero-order chi connectivity index (χ0) is 34.6. The minimum absolute atomic E-state index is 0.292. The van der Waals surface area contributed by atoms with E-state index in [1.165, 1.54) is 19.5 Å². The van der Waals surface area contributed by atoms with Gasteiger partial charge in [0, 0.05) is 36.8 Å². The summed E-state index contributed by atoms with van der Waals surface area (Å²) in [6.07, 6.45) is 5.79. The molecule has 2 aromatic carbocycles. The lowest BCUT2D eigenvalue weighted by atomic mass is 9.85. The lowest BCUT2D eigenvalue weighted by Gasteiger charge is -2.36. The van der Waals surface area contributed by atoms with Crippen molar-refractivity contribution in [2.45, 2.75) is 77.9 Å². The van der Waals surface area contributed by atoms with E-state index in [1.807, 2.05) is 26.8 Å². The van der Waals surface area contributed by atoms with Gasteiger partial charge in [-0.15, -0.1) is 0 Å². The highest BCUT2D eigenvalue weighted by atomic mass is 19.1. The highest BCUT2D eigenvalue weighted by Gasteiger charge is 2.42. The van der Waals surface area contributed by atoms with Crippen LogP contribution in [-0.4, -0.2) is 84.5 Å². The Kier molecular flexibility index (Phi) is 10.7. The number of piperidine rings is 1. The molecule has 0 saturated carbocycles. The van der Waals surface area contributed by atoms with Crippen molar-refractivity contribution < 1.29 is 23.5 Å². The van der Waals surface area contributed by atoms with E-state index in [4.69, 9.17) is 4.74 Å². The third-order valence-electron chi connectivity index (χ3n) is 9.19. The van der Waals surface area contributed by atoms with Crippen molar-refractivity contribution in [3.05, 3.63) is 42.5 Å². The van der Waals surface area contributed by atoms with Crippen LogP contribution in [0.3, 0.4) is 0 Å². The Morgan fingerprint density at radius 3 is 2.44 bits per heavy atom. The quantitative estimate of drug-likeness (QED) is 0.246. The lowest BCUT2D eigenvalue weighted by molar-refractivity contribution is -0.143. The zero-order valence-electron chi connectivity index (χ0n) is 28.7. The summed E-state index contributed by atoms with van der Waals surface area (Å²) >= 11 is 0. The summed E-state index contributed by atoms with van der Waals surface area (Å²) in [4.78, 5) is 52.9. The molecule has 0 aliphatic carbocycles. The van der Waals surface area contributed by atoms with Crippen LogP contribution in [0.2, 0.25) is 0 Å². The van der Waals surface area contributed by atoms with E-state index in [9.17, 15) is 14.4 Å². The number of hydrogen-bond donors (Lipinski definition) is 4. The Labute approximate surface area is 281 Å². The molecule has 0 unspecified atom stereocenters. The molecule has 3 amide bonds. The number of nitrogens with one attached hydrogen (secondary N) is 4. The van der Waals surface area contributed by atoms with Gasteiger partial charge in [-0.2, -0.15) is 0 Å². The number of carbonyl (C=O) groups excluding carboxylic acids is 3. The third-order valence-corrected chi connectivity index (χ3v) is 9.19. The lowest BCUT2D eigenvalue weighted by Crippen LogP contribution is -2.59.